The molecule has 0 bridgehead atoms. The van der Waals surface area contributed by atoms with Crippen molar-refractivity contribution in [3.63, 3.8) is 0 Å². The summed E-state index contributed by atoms with van der Waals surface area (Å²) in [4.78, 5) is 24.0. The van der Waals surface area contributed by atoms with Crippen molar-refractivity contribution in [2.24, 2.45) is 11.8 Å². The van der Waals surface area contributed by atoms with Gasteiger partial charge in [0.25, 0.3) is 0 Å². The zero-order chi connectivity index (χ0) is 22.8. The van der Waals surface area contributed by atoms with Crippen LogP contribution in [0.1, 0.15) is 32.4 Å². The molecule has 0 radical (unpaired) electrons. The van der Waals surface area contributed by atoms with Gasteiger partial charge in [-0.2, -0.15) is 0 Å². The van der Waals surface area contributed by atoms with Gasteiger partial charge in [-0.3, -0.25) is 0 Å². The van der Waals surface area contributed by atoms with Gasteiger partial charge in [0.05, 0.1) is 5.69 Å². The number of aliphatic carboxylic acids is 2. The molecule has 6 N–H and O–H groups in total. The standard InChI is InChI=1S/C16H27N3O.C4H6O6/c1-11(2)9-15(13-7-8-18-10-13)20-14-5-6-16(17-4)19-12(14)3;5-1(3(7)8)2(6)4(9)10/h5-6,11,13,15,18H,7-10H2,1-4H3,(H,17,19);1-2,5-6H,(H,7,8)(H,9,10)/t13-,15?;/m0./s1. The molecule has 2 rings (SSSR count). The van der Waals surface area contributed by atoms with Crippen molar-refractivity contribution in [3.8, 4) is 5.75 Å². The van der Waals surface area contributed by atoms with E-state index in [1.165, 1.54) is 6.42 Å². The number of ether oxygens (including phenoxy) is 1. The van der Waals surface area contributed by atoms with Crippen molar-refractivity contribution in [2.75, 3.05) is 25.5 Å². The van der Waals surface area contributed by atoms with Crippen LogP contribution in [0.4, 0.5) is 5.82 Å². The van der Waals surface area contributed by atoms with E-state index in [4.69, 9.17) is 25.2 Å². The lowest BCUT2D eigenvalue weighted by molar-refractivity contribution is -0.165. The van der Waals surface area contributed by atoms with Crippen molar-refractivity contribution in [1.82, 2.24) is 10.3 Å². The molecule has 1 saturated heterocycles. The maximum atomic E-state index is 9.77. The van der Waals surface area contributed by atoms with E-state index in [0.29, 0.717) is 11.8 Å². The van der Waals surface area contributed by atoms with Crippen molar-refractivity contribution < 1.29 is 34.8 Å². The lowest BCUT2D eigenvalue weighted by Crippen LogP contribution is -2.39. The van der Waals surface area contributed by atoms with E-state index < -0.39 is 24.1 Å². The molecule has 170 valence electrons. The van der Waals surface area contributed by atoms with Gasteiger partial charge in [0.2, 0.25) is 0 Å². The maximum absolute atomic E-state index is 9.77. The Kier molecular flexibility index (Phi) is 10.5. The highest BCUT2D eigenvalue weighted by molar-refractivity contribution is 5.83. The Bertz CT molecular complexity index is 675. The van der Waals surface area contributed by atoms with Crippen LogP contribution in [0.3, 0.4) is 0 Å². The number of anilines is 1. The Balaban J connectivity index is 0.000000382. The second kappa shape index (κ2) is 12.3. The first-order valence-corrected chi connectivity index (χ1v) is 9.91. The van der Waals surface area contributed by atoms with Gasteiger partial charge in [0.15, 0.2) is 12.2 Å². The molecule has 30 heavy (non-hydrogen) atoms. The highest BCUT2D eigenvalue weighted by atomic mass is 16.5. The molecule has 2 heterocycles. The average molecular weight is 427 g/mol. The molecule has 0 aromatic carbocycles. The normalized spacial score (nSPS) is 18.7. The summed E-state index contributed by atoms with van der Waals surface area (Å²) >= 11 is 0. The van der Waals surface area contributed by atoms with Crippen LogP contribution in [-0.2, 0) is 9.59 Å². The van der Waals surface area contributed by atoms with Crippen LogP contribution in [0.5, 0.6) is 5.75 Å². The summed E-state index contributed by atoms with van der Waals surface area (Å²) in [5, 5.41) is 39.0. The number of rotatable bonds is 9. The summed E-state index contributed by atoms with van der Waals surface area (Å²) in [6.07, 6.45) is -1.95. The predicted molar refractivity (Wildman–Crippen MR) is 111 cm³/mol. The number of nitrogens with one attached hydrogen (secondary N) is 2. The number of nitrogens with zero attached hydrogens (tertiary/aromatic N) is 1. The van der Waals surface area contributed by atoms with E-state index in [-0.39, 0.29) is 6.10 Å². The predicted octanol–water partition coefficient (Wildman–Crippen LogP) is 0.712. The Morgan fingerprint density at radius 3 is 2.23 bits per heavy atom. The topological polar surface area (TPSA) is 161 Å². The minimum atomic E-state index is -2.27. The van der Waals surface area contributed by atoms with Gasteiger partial charge in [0, 0.05) is 19.5 Å². The summed E-state index contributed by atoms with van der Waals surface area (Å²) in [5.41, 5.74) is 0.955. The molecule has 1 aromatic rings. The molecule has 0 saturated carbocycles. The van der Waals surface area contributed by atoms with Gasteiger partial charge in [-0.1, -0.05) is 13.8 Å². The van der Waals surface area contributed by atoms with E-state index in [0.717, 1.165) is 36.8 Å². The highest BCUT2D eigenvalue weighted by Gasteiger charge is 2.29. The third-order valence-corrected chi connectivity index (χ3v) is 4.70. The van der Waals surface area contributed by atoms with Gasteiger partial charge in [-0.15, -0.1) is 0 Å². The van der Waals surface area contributed by atoms with Crippen molar-refractivity contribution in [2.45, 2.75) is 51.9 Å². The summed E-state index contributed by atoms with van der Waals surface area (Å²) in [6, 6.07) is 4.01. The van der Waals surface area contributed by atoms with E-state index >= 15 is 0 Å². The van der Waals surface area contributed by atoms with Crippen LogP contribution in [-0.4, -0.2) is 75.8 Å². The molecule has 10 heteroatoms. The largest absolute Gasteiger partial charge is 0.488 e. The molecule has 0 amide bonds. The third kappa shape index (κ3) is 8.13. The Hall–Kier alpha value is -2.43. The van der Waals surface area contributed by atoms with Crippen LogP contribution >= 0.6 is 0 Å². The van der Waals surface area contributed by atoms with Crippen molar-refractivity contribution >= 4 is 17.8 Å². The van der Waals surface area contributed by atoms with Gasteiger partial charge < -0.3 is 35.8 Å². The lowest BCUT2D eigenvalue weighted by Gasteiger charge is -2.26. The fourth-order valence-corrected chi connectivity index (χ4v) is 3.04. The van der Waals surface area contributed by atoms with Crippen molar-refractivity contribution in [1.29, 1.82) is 0 Å². The molecule has 1 aromatic heterocycles. The monoisotopic (exact) mass is 427 g/mol. The van der Waals surface area contributed by atoms with Crippen LogP contribution in [0, 0.1) is 18.8 Å². The smallest absolute Gasteiger partial charge is 0.335 e. The van der Waals surface area contributed by atoms with Crippen molar-refractivity contribution in [3.05, 3.63) is 17.8 Å². The lowest BCUT2D eigenvalue weighted by atomic mass is 9.93. The van der Waals surface area contributed by atoms with Crippen LogP contribution in [0.25, 0.3) is 0 Å². The molecule has 0 spiro atoms. The number of aryl methyl sites for hydroxylation is 1. The number of aliphatic hydroxyl groups is 2. The number of pyridine rings is 1. The second-order valence-electron chi connectivity index (χ2n) is 7.63. The Labute approximate surface area is 176 Å². The van der Waals surface area contributed by atoms with Crippen LogP contribution in [0.15, 0.2) is 12.1 Å². The average Bonchev–Trinajstić information content (AvgIpc) is 3.22. The maximum Gasteiger partial charge on any atom is 0.335 e. The number of carboxylic acids is 2. The van der Waals surface area contributed by atoms with Gasteiger partial charge in [-0.05, 0) is 44.4 Å². The quantitative estimate of drug-likeness (QED) is 0.331. The van der Waals surface area contributed by atoms with E-state index in [1.54, 1.807) is 0 Å². The summed E-state index contributed by atoms with van der Waals surface area (Å²) in [7, 11) is 1.88. The fourth-order valence-electron chi connectivity index (χ4n) is 3.04. The van der Waals surface area contributed by atoms with Gasteiger partial charge in [-0.25, -0.2) is 14.6 Å². The number of hydrogen-bond donors (Lipinski definition) is 6. The number of carboxylic acid groups (broad SMARTS) is 2. The summed E-state index contributed by atoms with van der Waals surface area (Å²) in [5.74, 6) is -0.477. The minimum absolute atomic E-state index is 0.283. The first kappa shape index (κ1) is 25.6. The first-order valence-electron chi connectivity index (χ1n) is 9.91. The Morgan fingerprint density at radius 2 is 1.83 bits per heavy atom. The van der Waals surface area contributed by atoms with Gasteiger partial charge >= 0.3 is 11.9 Å². The number of hydrogen-bond acceptors (Lipinski definition) is 8. The summed E-state index contributed by atoms with van der Waals surface area (Å²) in [6.45, 7) is 8.70. The van der Waals surface area contributed by atoms with E-state index in [2.05, 4.69) is 29.5 Å². The summed E-state index contributed by atoms with van der Waals surface area (Å²) < 4.78 is 6.31. The molecule has 1 fully saturated rings. The SMILES string of the molecule is CNc1ccc(OC(CC(C)C)[C@H]2CCNC2)c(C)n1.O=C(O)C(O)C(O)C(=O)O. The molecule has 1 aliphatic rings. The van der Waals surface area contributed by atoms with Crippen LogP contribution < -0.4 is 15.4 Å². The fraction of sp³-hybridized carbons (Fsp3) is 0.650. The number of carbonyl (C=O) groups is 2. The molecule has 4 atom stereocenters. The number of aliphatic hydroxyl groups excluding tert-OH is 2. The van der Waals surface area contributed by atoms with Gasteiger partial charge in [0.1, 0.15) is 17.7 Å². The van der Waals surface area contributed by atoms with E-state index in [1.807, 2.05) is 26.1 Å². The number of aromatic nitrogens is 1. The second-order valence-corrected chi connectivity index (χ2v) is 7.63. The third-order valence-electron chi connectivity index (χ3n) is 4.70. The first-order chi connectivity index (χ1) is 14.1. The zero-order valence-electron chi connectivity index (χ0n) is 17.8. The highest BCUT2D eigenvalue weighted by Crippen LogP contribution is 2.27. The Morgan fingerprint density at radius 1 is 1.23 bits per heavy atom. The molecular formula is C20H33N3O7. The molecule has 0 aliphatic carbocycles. The zero-order valence-corrected chi connectivity index (χ0v) is 17.8. The minimum Gasteiger partial charge on any atom is -0.488 e. The van der Waals surface area contributed by atoms with Crippen LogP contribution in [0.2, 0.25) is 0 Å². The molecule has 1 aliphatic heterocycles. The molecule has 3 unspecified atom stereocenters. The molecular weight excluding hydrogens is 394 g/mol. The van der Waals surface area contributed by atoms with E-state index in [9.17, 15) is 9.59 Å². The molecule has 10 nitrogen and oxygen atoms in total.